The highest BCUT2D eigenvalue weighted by Crippen LogP contribution is 2.23. The number of nitrogens with one attached hydrogen (secondary N) is 1. The van der Waals surface area contributed by atoms with Gasteiger partial charge in [0.05, 0.1) is 11.1 Å². The third-order valence-corrected chi connectivity index (χ3v) is 2.67. The zero-order valence-corrected chi connectivity index (χ0v) is 9.96. The minimum absolute atomic E-state index is 0.712. The Labute approximate surface area is 105 Å². The van der Waals surface area contributed by atoms with E-state index < -0.39 is 0 Å². The molecule has 0 saturated heterocycles. The predicted octanol–water partition coefficient (Wildman–Crippen LogP) is 3.08. The van der Waals surface area contributed by atoms with Crippen LogP contribution in [0.4, 0.5) is 11.4 Å². The van der Waals surface area contributed by atoms with Crippen molar-refractivity contribution in [3.05, 3.63) is 54.6 Å². The van der Waals surface area contributed by atoms with Gasteiger partial charge in [-0.3, -0.25) is 0 Å². The van der Waals surface area contributed by atoms with Crippen molar-refractivity contribution in [2.75, 3.05) is 5.32 Å². The van der Waals surface area contributed by atoms with E-state index in [0.717, 1.165) is 22.6 Å². The van der Waals surface area contributed by atoms with Crippen LogP contribution in [0.1, 0.15) is 5.82 Å². The molecule has 0 radical (unpaired) electrons. The summed E-state index contributed by atoms with van der Waals surface area (Å²) in [5.41, 5.74) is 2.71. The lowest BCUT2D eigenvalue weighted by Crippen LogP contribution is -1.96. The summed E-state index contributed by atoms with van der Waals surface area (Å²) in [6.07, 6.45) is 3.55. The molecule has 0 aliphatic carbocycles. The number of hydrogen-bond acceptors (Lipinski definition) is 4. The van der Waals surface area contributed by atoms with Crippen LogP contribution in [-0.4, -0.2) is 15.0 Å². The van der Waals surface area contributed by atoms with Crippen LogP contribution in [0, 0.1) is 6.92 Å². The van der Waals surface area contributed by atoms with E-state index in [4.69, 9.17) is 0 Å². The normalized spacial score (nSPS) is 10.5. The van der Waals surface area contributed by atoms with Crippen LogP contribution in [0.3, 0.4) is 0 Å². The first kappa shape index (κ1) is 10.7. The van der Waals surface area contributed by atoms with Crippen LogP contribution >= 0.6 is 0 Å². The van der Waals surface area contributed by atoms with Gasteiger partial charge in [-0.1, -0.05) is 18.2 Å². The third kappa shape index (κ3) is 2.00. The molecule has 2 aromatic heterocycles. The number of aromatic nitrogens is 3. The molecule has 0 fully saturated rings. The summed E-state index contributed by atoms with van der Waals surface area (Å²) in [6, 6.07) is 11.9. The number of pyridine rings is 1. The Bertz CT molecular complexity index is 680. The van der Waals surface area contributed by atoms with Gasteiger partial charge in [0.25, 0.3) is 0 Å². The lowest BCUT2D eigenvalue weighted by molar-refractivity contribution is 1.07. The quantitative estimate of drug-likeness (QED) is 0.742. The number of benzene rings is 1. The summed E-state index contributed by atoms with van der Waals surface area (Å²) >= 11 is 0. The number of nitrogens with zero attached hydrogens (tertiary/aromatic N) is 3. The summed E-state index contributed by atoms with van der Waals surface area (Å²) in [5.74, 6) is 0.729. The van der Waals surface area contributed by atoms with Crippen LogP contribution in [0.2, 0.25) is 0 Å². The van der Waals surface area contributed by atoms with Crippen molar-refractivity contribution in [2.45, 2.75) is 6.92 Å². The minimum Gasteiger partial charge on any atom is -0.355 e. The molecule has 18 heavy (non-hydrogen) atoms. The van der Waals surface area contributed by atoms with Gasteiger partial charge in [0, 0.05) is 18.1 Å². The average molecular weight is 236 g/mol. The highest BCUT2D eigenvalue weighted by molar-refractivity contribution is 5.89. The zero-order chi connectivity index (χ0) is 12.4. The maximum absolute atomic E-state index is 4.32. The van der Waals surface area contributed by atoms with E-state index in [-0.39, 0.29) is 0 Å². The fraction of sp³-hybridized carbons (Fsp3) is 0.0714. The van der Waals surface area contributed by atoms with Crippen molar-refractivity contribution in [3.8, 4) is 0 Å². The number of rotatable bonds is 2. The number of aryl methyl sites for hydroxylation is 1. The Morgan fingerprint density at radius 1 is 1.00 bits per heavy atom. The highest BCUT2D eigenvalue weighted by atomic mass is 15.0. The van der Waals surface area contributed by atoms with E-state index in [0.29, 0.717) is 5.65 Å². The second-order valence-electron chi connectivity index (χ2n) is 4.00. The summed E-state index contributed by atoms with van der Waals surface area (Å²) in [4.78, 5) is 12.8. The van der Waals surface area contributed by atoms with E-state index in [1.807, 2.05) is 43.3 Å². The number of para-hydroxylation sites is 1. The first-order chi connectivity index (χ1) is 8.83. The largest absolute Gasteiger partial charge is 0.355 e. The van der Waals surface area contributed by atoms with Crippen molar-refractivity contribution in [2.24, 2.45) is 0 Å². The van der Waals surface area contributed by atoms with Crippen molar-refractivity contribution in [1.82, 2.24) is 15.0 Å². The predicted molar refractivity (Wildman–Crippen MR) is 71.8 cm³/mol. The van der Waals surface area contributed by atoms with Crippen LogP contribution in [0.25, 0.3) is 11.0 Å². The molecule has 4 nitrogen and oxygen atoms in total. The van der Waals surface area contributed by atoms with Crippen LogP contribution in [0.15, 0.2) is 48.8 Å². The standard InChI is InChI=1S/C14H12N4/c1-10-16-9-12-13(7-8-15-14(12)17-10)18-11-5-3-2-4-6-11/h2-9H,1H3,(H,15,16,17,18). The molecule has 0 bridgehead atoms. The Morgan fingerprint density at radius 3 is 2.67 bits per heavy atom. The molecule has 0 atom stereocenters. The molecule has 88 valence electrons. The molecule has 0 unspecified atom stereocenters. The Balaban J connectivity index is 2.07. The smallest absolute Gasteiger partial charge is 0.164 e. The molecule has 3 aromatic rings. The second-order valence-corrected chi connectivity index (χ2v) is 4.00. The topological polar surface area (TPSA) is 50.7 Å². The third-order valence-electron chi connectivity index (χ3n) is 2.67. The lowest BCUT2D eigenvalue weighted by atomic mass is 10.2. The maximum Gasteiger partial charge on any atom is 0.164 e. The minimum atomic E-state index is 0.712. The first-order valence-electron chi connectivity index (χ1n) is 5.73. The lowest BCUT2D eigenvalue weighted by Gasteiger charge is -2.08. The molecule has 0 aliphatic heterocycles. The Hall–Kier alpha value is -2.49. The van der Waals surface area contributed by atoms with Gasteiger partial charge in [0.15, 0.2) is 5.65 Å². The van der Waals surface area contributed by atoms with E-state index in [1.165, 1.54) is 0 Å². The zero-order valence-electron chi connectivity index (χ0n) is 9.96. The summed E-state index contributed by atoms with van der Waals surface area (Å²) in [7, 11) is 0. The molecule has 3 rings (SSSR count). The molecule has 4 heteroatoms. The summed E-state index contributed by atoms with van der Waals surface area (Å²) in [6.45, 7) is 1.86. The van der Waals surface area contributed by atoms with Gasteiger partial charge in [0.2, 0.25) is 0 Å². The monoisotopic (exact) mass is 236 g/mol. The van der Waals surface area contributed by atoms with Crippen molar-refractivity contribution in [1.29, 1.82) is 0 Å². The molecule has 2 heterocycles. The second kappa shape index (κ2) is 4.41. The SMILES string of the molecule is Cc1ncc2c(Nc3ccccc3)ccnc2n1. The van der Waals surface area contributed by atoms with Gasteiger partial charge in [-0.05, 0) is 25.1 Å². The fourth-order valence-corrected chi connectivity index (χ4v) is 1.80. The van der Waals surface area contributed by atoms with Gasteiger partial charge in [-0.2, -0.15) is 0 Å². The van der Waals surface area contributed by atoms with Crippen LogP contribution in [0.5, 0.6) is 0 Å². The van der Waals surface area contributed by atoms with Crippen molar-refractivity contribution >= 4 is 22.4 Å². The van der Waals surface area contributed by atoms with Crippen LogP contribution in [-0.2, 0) is 0 Å². The highest BCUT2D eigenvalue weighted by Gasteiger charge is 2.04. The van der Waals surface area contributed by atoms with Crippen molar-refractivity contribution < 1.29 is 0 Å². The molecule has 1 N–H and O–H groups in total. The molecule has 0 saturated carbocycles. The molecule has 1 aromatic carbocycles. The maximum atomic E-state index is 4.32. The Kier molecular flexibility index (Phi) is 2.61. The molecular formula is C14H12N4. The molecular weight excluding hydrogens is 224 g/mol. The molecule has 0 amide bonds. The van der Waals surface area contributed by atoms with Gasteiger partial charge >= 0.3 is 0 Å². The average Bonchev–Trinajstić information content (AvgIpc) is 2.40. The van der Waals surface area contributed by atoms with Gasteiger partial charge in [-0.25, -0.2) is 15.0 Å². The number of fused-ring (bicyclic) bond motifs is 1. The van der Waals surface area contributed by atoms with E-state index >= 15 is 0 Å². The number of anilines is 2. The van der Waals surface area contributed by atoms with E-state index in [1.54, 1.807) is 12.4 Å². The van der Waals surface area contributed by atoms with E-state index in [2.05, 4.69) is 20.3 Å². The summed E-state index contributed by atoms with van der Waals surface area (Å²) < 4.78 is 0. The number of hydrogen-bond donors (Lipinski definition) is 1. The Morgan fingerprint density at radius 2 is 1.83 bits per heavy atom. The van der Waals surface area contributed by atoms with Gasteiger partial charge < -0.3 is 5.32 Å². The molecule has 0 spiro atoms. The molecule has 0 aliphatic rings. The first-order valence-corrected chi connectivity index (χ1v) is 5.73. The summed E-state index contributed by atoms with van der Waals surface area (Å²) in [5, 5.41) is 4.27. The van der Waals surface area contributed by atoms with Crippen LogP contribution < -0.4 is 5.32 Å². The van der Waals surface area contributed by atoms with Gasteiger partial charge in [0.1, 0.15) is 5.82 Å². The fourth-order valence-electron chi connectivity index (χ4n) is 1.80. The van der Waals surface area contributed by atoms with Crippen molar-refractivity contribution in [3.63, 3.8) is 0 Å². The van der Waals surface area contributed by atoms with E-state index in [9.17, 15) is 0 Å². The van der Waals surface area contributed by atoms with Gasteiger partial charge in [-0.15, -0.1) is 0 Å².